The first-order valence-corrected chi connectivity index (χ1v) is 7.24. The lowest BCUT2D eigenvalue weighted by Gasteiger charge is -2.47. The van der Waals surface area contributed by atoms with Gasteiger partial charge >= 0.3 is 0 Å². The van der Waals surface area contributed by atoms with Gasteiger partial charge in [0.05, 0.1) is 30.6 Å². The third kappa shape index (κ3) is 2.03. The van der Waals surface area contributed by atoms with E-state index in [0.29, 0.717) is 0 Å². The Balaban J connectivity index is 1.72. The maximum absolute atomic E-state index is 5.50. The number of fused-ring (bicyclic) bond motifs is 1. The molecule has 0 radical (unpaired) electrons. The molecule has 4 rings (SSSR count). The molecule has 3 aromatic heterocycles. The number of nitrogens with zero attached hydrogens (tertiary/aromatic N) is 5. The number of pyridine rings is 1. The average Bonchev–Trinajstić information content (AvgIpc) is 2.95. The summed E-state index contributed by atoms with van der Waals surface area (Å²) in [5.74, 6) is 0.940. The van der Waals surface area contributed by atoms with Crippen molar-refractivity contribution in [2.45, 2.75) is 12.5 Å². The van der Waals surface area contributed by atoms with E-state index in [1.165, 1.54) is 0 Å². The second-order valence-corrected chi connectivity index (χ2v) is 5.85. The van der Waals surface area contributed by atoms with Crippen LogP contribution < -0.4 is 4.90 Å². The van der Waals surface area contributed by atoms with Crippen molar-refractivity contribution < 1.29 is 4.74 Å². The van der Waals surface area contributed by atoms with Crippen LogP contribution in [-0.4, -0.2) is 45.4 Å². The molecule has 6 nitrogen and oxygen atoms in total. The largest absolute Gasteiger partial charge is 0.375 e. The molecule has 0 atom stereocenters. The highest BCUT2D eigenvalue weighted by Gasteiger charge is 2.39. The zero-order valence-electron chi connectivity index (χ0n) is 12.6. The van der Waals surface area contributed by atoms with Gasteiger partial charge in [-0.3, -0.25) is 4.98 Å². The molecule has 6 heteroatoms. The van der Waals surface area contributed by atoms with Gasteiger partial charge < -0.3 is 9.64 Å². The molecule has 0 amide bonds. The fraction of sp³-hybridized carbons (Fsp3) is 0.312. The smallest absolute Gasteiger partial charge is 0.154 e. The summed E-state index contributed by atoms with van der Waals surface area (Å²) in [5, 5.41) is 4.74. The Morgan fingerprint density at radius 2 is 1.91 bits per heavy atom. The van der Waals surface area contributed by atoms with Crippen LogP contribution in [0.25, 0.3) is 16.9 Å². The summed E-state index contributed by atoms with van der Waals surface area (Å²) in [7, 11) is 1.76. The molecule has 0 unspecified atom stereocenters. The van der Waals surface area contributed by atoms with E-state index >= 15 is 0 Å². The van der Waals surface area contributed by atoms with E-state index in [1.807, 2.05) is 35.0 Å². The number of methoxy groups -OCH3 is 1. The van der Waals surface area contributed by atoms with Crippen molar-refractivity contribution in [2.75, 3.05) is 25.1 Å². The highest BCUT2D eigenvalue weighted by Crippen LogP contribution is 2.29. The quantitative estimate of drug-likeness (QED) is 0.740. The van der Waals surface area contributed by atoms with Gasteiger partial charge in [0.25, 0.3) is 0 Å². The van der Waals surface area contributed by atoms with E-state index < -0.39 is 0 Å². The number of aromatic nitrogens is 4. The van der Waals surface area contributed by atoms with E-state index in [-0.39, 0.29) is 5.60 Å². The monoisotopic (exact) mass is 295 g/mol. The van der Waals surface area contributed by atoms with Gasteiger partial charge in [0.2, 0.25) is 0 Å². The van der Waals surface area contributed by atoms with Crippen LogP contribution >= 0.6 is 0 Å². The number of imidazole rings is 1. The maximum atomic E-state index is 5.50. The number of hydrogen-bond donors (Lipinski definition) is 0. The highest BCUT2D eigenvalue weighted by molar-refractivity contribution is 5.63. The van der Waals surface area contributed by atoms with E-state index in [0.717, 1.165) is 35.8 Å². The van der Waals surface area contributed by atoms with Gasteiger partial charge in [-0.05, 0) is 31.2 Å². The van der Waals surface area contributed by atoms with Crippen molar-refractivity contribution in [3.63, 3.8) is 0 Å². The molecule has 1 aliphatic rings. The summed E-state index contributed by atoms with van der Waals surface area (Å²) in [4.78, 5) is 10.7. The third-order valence-corrected chi connectivity index (χ3v) is 4.19. The van der Waals surface area contributed by atoms with Crippen molar-refractivity contribution in [3.05, 3.63) is 42.9 Å². The van der Waals surface area contributed by atoms with Gasteiger partial charge in [0.1, 0.15) is 5.82 Å². The van der Waals surface area contributed by atoms with Crippen LogP contribution in [0.4, 0.5) is 5.82 Å². The first-order valence-electron chi connectivity index (χ1n) is 7.24. The van der Waals surface area contributed by atoms with Gasteiger partial charge in [0, 0.05) is 25.1 Å². The Morgan fingerprint density at radius 3 is 2.64 bits per heavy atom. The second kappa shape index (κ2) is 4.78. The van der Waals surface area contributed by atoms with Crippen LogP contribution in [-0.2, 0) is 4.74 Å². The predicted octanol–water partition coefficient (Wildman–Crippen LogP) is 2.02. The fourth-order valence-corrected chi connectivity index (χ4v) is 2.80. The van der Waals surface area contributed by atoms with Gasteiger partial charge in [-0.25, -0.2) is 9.50 Å². The zero-order chi connectivity index (χ0) is 15.2. The van der Waals surface area contributed by atoms with E-state index in [1.54, 1.807) is 19.5 Å². The van der Waals surface area contributed by atoms with Crippen LogP contribution in [0, 0.1) is 0 Å². The minimum Gasteiger partial charge on any atom is -0.375 e. The molecule has 1 fully saturated rings. The molecule has 1 aliphatic heterocycles. The average molecular weight is 295 g/mol. The number of rotatable bonds is 3. The minimum absolute atomic E-state index is 0.0699. The van der Waals surface area contributed by atoms with Crippen molar-refractivity contribution >= 4 is 11.5 Å². The van der Waals surface area contributed by atoms with Crippen LogP contribution in [0.15, 0.2) is 42.9 Å². The van der Waals surface area contributed by atoms with Crippen LogP contribution in [0.2, 0.25) is 0 Å². The van der Waals surface area contributed by atoms with Gasteiger partial charge in [-0.15, -0.1) is 5.10 Å². The van der Waals surface area contributed by atoms with Gasteiger partial charge in [0.15, 0.2) is 5.65 Å². The summed E-state index contributed by atoms with van der Waals surface area (Å²) in [6.07, 6.45) is 5.40. The zero-order valence-corrected chi connectivity index (χ0v) is 12.6. The topological polar surface area (TPSA) is 55.5 Å². The Bertz CT molecular complexity index is 808. The highest BCUT2D eigenvalue weighted by atomic mass is 16.5. The summed E-state index contributed by atoms with van der Waals surface area (Å²) in [5.41, 5.74) is 2.79. The first-order chi connectivity index (χ1) is 10.7. The number of anilines is 1. The molecule has 22 heavy (non-hydrogen) atoms. The normalized spacial score (nSPS) is 16.7. The summed E-state index contributed by atoms with van der Waals surface area (Å²) < 4.78 is 7.38. The lowest BCUT2D eigenvalue weighted by atomic mass is 9.97. The Kier molecular flexibility index (Phi) is 2.87. The second-order valence-electron chi connectivity index (χ2n) is 5.85. The van der Waals surface area contributed by atoms with E-state index in [2.05, 4.69) is 21.8 Å². The molecule has 0 aromatic carbocycles. The summed E-state index contributed by atoms with van der Waals surface area (Å²) >= 11 is 0. The number of hydrogen-bond acceptors (Lipinski definition) is 5. The summed E-state index contributed by atoms with van der Waals surface area (Å²) in [6, 6.07) is 7.93. The SMILES string of the molecule is COC1(C)CN(c2ccc3ncc(-c4ccncc4)n3n2)C1. The molecule has 1 saturated heterocycles. The molecule has 0 aliphatic carbocycles. The lowest BCUT2D eigenvalue weighted by molar-refractivity contribution is -0.0172. The maximum Gasteiger partial charge on any atom is 0.154 e. The van der Waals surface area contributed by atoms with E-state index in [4.69, 9.17) is 9.84 Å². The van der Waals surface area contributed by atoms with Crippen molar-refractivity contribution in [1.82, 2.24) is 19.6 Å². The van der Waals surface area contributed by atoms with Gasteiger partial charge in [-0.1, -0.05) is 0 Å². The fourth-order valence-electron chi connectivity index (χ4n) is 2.80. The van der Waals surface area contributed by atoms with Crippen LogP contribution in [0.3, 0.4) is 0 Å². The van der Waals surface area contributed by atoms with Crippen LogP contribution in [0.5, 0.6) is 0 Å². The minimum atomic E-state index is -0.0699. The molecular weight excluding hydrogens is 278 g/mol. The van der Waals surface area contributed by atoms with Gasteiger partial charge in [-0.2, -0.15) is 0 Å². The molecule has 3 aromatic rings. The van der Waals surface area contributed by atoms with Crippen molar-refractivity contribution in [3.8, 4) is 11.3 Å². The number of ether oxygens (including phenoxy) is 1. The third-order valence-electron chi connectivity index (χ3n) is 4.19. The molecule has 0 bridgehead atoms. The summed E-state index contributed by atoms with van der Waals surface area (Å²) in [6.45, 7) is 3.81. The first kappa shape index (κ1) is 13.2. The Morgan fingerprint density at radius 1 is 1.14 bits per heavy atom. The molecule has 112 valence electrons. The standard InChI is InChI=1S/C16H17N5O/c1-16(22-2)10-20(11-16)15-4-3-14-18-9-13(21(14)19-15)12-5-7-17-8-6-12/h3-9H,10-11H2,1-2H3. The Hall–Kier alpha value is -2.47. The van der Waals surface area contributed by atoms with E-state index in [9.17, 15) is 0 Å². The van der Waals surface area contributed by atoms with Crippen molar-refractivity contribution in [2.24, 2.45) is 0 Å². The van der Waals surface area contributed by atoms with Crippen LogP contribution in [0.1, 0.15) is 6.92 Å². The molecular formula is C16H17N5O. The molecule has 4 heterocycles. The lowest BCUT2D eigenvalue weighted by Crippen LogP contribution is -2.61. The molecule has 0 saturated carbocycles. The molecule has 0 N–H and O–H groups in total. The predicted molar refractivity (Wildman–Crippen MR) is 83.8 cm³/mol. The molecule has 0 spiro atoms. The van der Waals surface area contributed by atoms with Crippen molar-refractivity contribution in [1.29, 1.82) is 0 Å². The Labute approximate surface area is 128 Å².